The molecule has 2 heterocycles. The third-order valence-electron chi connectivity index (χ3n) is 4.00. The van der Waals surface area contributed by atoms with E-state index in [1.165, 1.54) is 0 Å². The SMILES string of the molecule is CC(C)CCC1(C2CCOCC2)NC(=O)NC1=O. The van der Waals surface area contributed by atoms with Crippen molar-refractivity contribution in [1.29, 1.82) is 0 Å². The number of ether oxygens (including phenoxy) is 1. The van der Waals surface area contributed by atoms with E-state index in [9.17, 15) is 9.59 Å². The molecule has 3 amide bonds. The smallest absolute Gasteiger partial charge is 0.322 e. The minimum atomic E-state index is -0.703. The molecule has 18 heavy (non-hydrogen) atoms. The molecule has 2 fully saturated rings. The zero-order valence-corrected chi connectivity index (χ0v) is 11.1. The summed E-state index contributed by atoms with van der Waals surface area (Å²) >= 11 is 0. The number of urea groups is 1. The number of rotatable bonds is 4. The topological polar surface area (TPSA) is 67.4 Å². The fourth-order valence-corrected chi connectivity index (χ4v) is 2.88. The van der Waals surface area contributed by atoms with Gasteiger partial charge in [0.1, 0.15) is 5.54 Å². The van der Waals surface area contributed by atoms with Crippen molar-refractivity contribution in [2.24, 2.45) is 11.8 Å². The van der Waals surface area contributed by atoms with Crippen LogP contribution < -0.4 is 10.6 Å². The van der Waals surface area contributed by atoms with Gasteiger partial charge in [0.05, 0.1) is 0 Å². The first-order valence-corrected chi connectivity index (χ1v) is 6.76. The number of hydrogen-bond donors (Lipinski definition) is 2. The van der Waals surface area contributed by atoms with Gasteiger partial charge in [-0.3, -0.25) is 10.1 Å². The van der Waals surface area contributed by atoms with Gasteiger partial charge in [-0.1, -0.05) is 13.8 Å². The maximum absolute atomic E-state index is 12.2. The number of carbonyl (C=O) groups excluding carboxylic acids is 2. The molecule has 0 aliphatic carbocycles. The Bertz CT molecular complexity index is 337. The fraction of sp³-hybridized carbons (Fsp3) is 0.846. The number of hydrogen-bond acceptors (Lipinski definition) is 3. The highest BCUT2D eigenvalue weighted by Gasteiger charge is 2.51. The predicted molar refractivity (Wildman–Crippen MR) is 67.0 cm³/mol. The highest BCUT2D eigenvalue weighted by Crippen LogP contribution is 2.34. The van der Waals surface area contributed by atoms with Crippen molar-refractivity contribution in [2.45, 2.75) is 45.1 Å². The van der Waals surface area contributed by atoms with Crippen LogP contribution in [0.2, 0.25) is 0 Å². The molecular weight excluding hydrogens is 232 g/mol. The summed E-state index contributed by atoms with van der Waals surface area (Å²) in [6.07, 6.45) is 3.33. The van der Waals surface area contributed by atoms with Gasteiger partial charge in [0, 0.05) is 13.2 Å². The molecule has 0 aromatic carbocycles. The van der Waals surface area contributed by atoms with Gasteiger partial charge < -0.3 is 10.1 Å². The van der Waals surface area contributed by atoms with Crippen LogP contribution in [-0.4, -0.2) is 30.7 Å². The molecule has 5 nitrogen and oxygen atoms in total. The van der Waals surface area contributed by atoms with E-state index in [2.05, 4.69) is 24.5 Å². The lowest BCUT2D eigenvalue weighted by molar-refractivity contribution is -0.127. The zero-order chi connectivity index (χ0) is 13.2. The molecule has 0 aromatic rings. The molecule has 5 heteroatoms. The van der Waals surface area contributed by atoms with Gasteiger partial charge >= 0.3 is 6.03 Å². The summed E-state index contributed by atoms with van der Waals surface area (Å²) in [6, 6.07) is -0.352. The van der Waals surface area contributed by atoms with Gasteiger partial charge in [0.25, 0.3) is 5.91 Å². The Kier molecular flexibility index (Phi) is 3.90. The third-order valence-corrected chi connectivity index (χ3v) is 4.00. The molecule has 2 N–H and O–H groups in total. The molecule has 0 saturated carbocycles. The fourth-order valence-electron chi connectivity index (χ4n) is 2.88. The molecule has 2 aliphatic heterocycles. The monoisotopic (exact) mass is 254 g/mol. The van der Waals surface area contributed by atoms with Crippen molar-refractivity contribution in [2.75, 3.05) is 13.2 Å². The van der Waals surface area contributed by atoms with Crippen LogP contribution in [0.1, 0.15) is 39.5 Å². The highest BCUT2D eigenvalue weighted by molar-refractivity contribution is 6.07. The lowest BCUT2D eigenvalue weighted by atomic mass is 9.75. The van der Waals surface area contributed by atoms with Crippen LogP contribution in [0, 0.1) is 11.8 Å². The van der Waals surface area contributed by atoms with Crippen LogP contribution in [0.25, 0.3) is 0 Å². The summed E-state index contributed by atoms with van der Waals surface area (Å²) in [5.74, 6) is 0.559. The van der Waals surface area contributed by atoms with Gasteiger partial charge in [-0.05, 0) is 37.5 Å². The third kappa shape index (κ3) is 2.51. The number of imide groups is 1. The van der Waals surface area contributed by atoms with Crippen molar-refractivity contribution in [3.8, 4) is 0 Å². The second kappa shape index (κ2) is 5.26. The Labute approximate surface area is 108 Å². The predicted octanol–water partition coefficient (Wildman–Crippen LogP) is 1.43. The molecular formula is C13H22N2O3. The summed E-state index contributed by atoms with van der Waals surface area (Å²) in [4.78, 5) is 23.7. The Hall–Kier alpha value is -1.10. The van der Waals surface area contributed by atoms with Crippen LogP contribution in [0.15, 0.2) is 0 Å². The van der Waals surface area contributed by atoms with Crippen LogP contribution in [0.5, 0.6) is 0 Å². The zero-order valence-electron chi connectivity index (χ0n) is 11.1. The van der Waals surface area contributed by atoms with Crippen molar-refractivity contribution < 1.29 is 14.3 Å². The van der Waals surface area contributed by atoms with Gasteiger partial charge in [-0.25, -0.2) is 4.79 Å². The minimum absolute atomic E-state index is 0.153. The van der Waals surface area contributed by atoms with Crippen molar-refractivity contribution in [3.63, 3.8) is 0 Å². The van der Waals surface area contributed by atoms with E-state index in [1.54, 1.807) is 0 Å². The summed E-state index contributed by atoms with van der Waals surface area (Å²) < 4.78 is 5.35. The summed E-state index contributed by atoms with van der Waals surface area (Å²) in [5.41, 5.74) is -0.703. The Morgan fingerprint density at radius 3 is 2.50 bits per heavy atom. The average Bonchev–Trinajstić information content (AvgIpc) is 2.64. The average molecular weight is 254 g/mol. The molecule has 0 spiro atoms. The van der Waals surface area contributed by atoms with Crippen molar-refractivity contribution in [3.05, 3.63) is 0 Å². The molecule has 1 unspecified atom stereocenters. The van der Waals surface area contributed by atoms with Crippen LogP contribution in [0.4, 0.5) is 4.79 Å². The van der Waals surface area contributed by atoms with E-state index < -0.39 is 5.54 Å². The van der Waals surface area contributed by atoms with E-state index in [1.807, 2.05) is 0 Å². The Morgan fingerprint density at radius 2 is 2.00 bits per heavy atom. The van der Waals surface area contributed by atoms with E-state index >= 15 is 0 Å². The van der Waals surface area contributed by atoms with E-state index in [0.29, 0.717) is 25.6 Å². The van der Waals surface area contributed by atoms with Crippen LogP contribution >= 0.6 is 0 Å². The standard InChI is InChI=1S/C13H22N2O3/c1-9(2)3-6-13(10-4-7-18-8-5-10)11(16)14-12(17)15-13/h9-10H,3-8H2,1-2H3,(H2,14,15,16,17). The molecule has 0 bridgehead atoms. The van der Waals surface area contributed by atoms with Crippen molar-refractivity contribution >= 4 is 11.9 Å². The first kappa shape index (κ1) is 13.3. The molecule has 2 rings (SSSR count). The van der Waals surface area contributed by atoms with Gasteiger partial charge in [0.2, 0.25) is 0 Å². The van der Waals surface area contributed by atoms with Crippen molar-refractivity contribution in [1.82, 2.24) is 10.6 Å². The maximum atomic E-state index is 12.2. The van der Waals surface area contributed by atoms with Gasteiger partial charge in [0.15, 0.2) is 0 Å². The first-order valence-electron chi connectivity index (χ1n) is 6.76. The first-order chi connectivity index (χ1) is 8.54. The number of carbonyl (C=O) groups is 2. The van der Waals surface area contributed by atoms with Gasteiger partial charge in [-0.15, -0.1) is 0 Å². The Morgan fingerprint density at radius 1 is 1.33 bits per heavy atom. The molecule has 2 aliphatic rings. The molecule has 1 atom stereocenters. The summed E-state index contributed by atoms with van der Waals surface area (Å²) in [7, 11) is 0. The molecule has 0 aromatic heterocycles. The minimum Gasteiger partial charge on any atom is -0.381 e. The van der Waals surface area contributed by atoms with Gasteiger partial charge in [-0.2, -0.15) is 0 Å². The van der Waals surface area contributed by atoms with Crippen LogP contribution in [-0.2, 0) is 9.53 Å². The van der Waals surface area contributed by atoms with E-state index in [-0.39, 0.29) is 17.9 Å². The second-order valence-corrected chi connectivity index (χ2v) is 5.70. The summed E-state index contributed by atoms with van der Waals surface area (Å²) in [5, 5.41) is 5.29. The maximum Gasteiger partial charge on any atom is 0.322 e. The largest absolute Gasteiger partial charge is 0.381 e. The van der Waals surface area contributed by atoms with E-state index in [4.69, 9.17) is 4.74 Å². The number of amides is 3. The lowest BCUT2D eigenvalue weighted by Crippen LogP contribution is -2.54. The normalized spacial score (nSPS) is 29.5. The van der Waals surface area contributed by atoms with Crippen LogP contribution in [0.3, 0.4) is 0 Å². The molecule has 102 valence electrons. The second-order valence-electron chi connectivity index (χ2n) is 5.70. The quantitative estimate of drug-likeness (QED) is 0.746. The number of nitrogens with one attached hydrogen (secondary N) is 2. The Balaban J connectivity index is 2.15. The highest BCUT2D eigenvalue weighted by atomic mass is 16.5. The lowest BCUT2D eigenvalue weighted by Gasteiger charge is -2.37. The molecule has 2 saturated heterocycles. The summed E-state index contributed by atoms with van der Waals surface area (Å²) in [6.45, 7) is 5.62. The van der Waals surface area contributed by atoms with E-state index in [0.717, 1.165) is 19.3 Å². The molecule has 0 radical (unpaired) electrons.